The Hall–Kier alpha value is -3.13. The summed E-state index contributed by atoms with van der Waals surface area (Å²) in [6.45, 7) is 0. The molecule has 25 heavy (non-hydrogen) atoms. The van der Waals surface area contributed by atoms with Crippen LogP contribution in [0, 0.1) is 0 Å². The molecule has 3 rings (SSSR count). The number of nitrogens with two attached hydrogens (primary N) is 1. The molecule has 0 saturated carbocycles. The van der Waals surface area contributed by atoms with Crippen molar-refractivity contribution in [3.63, 3.8) is 0 Å². The summed E-state index contributed by atoms with van der Waals surface area (Å²) >= 11 is 1.33. The molecule has 0 radical (unpaired) electrons. The van der Waals surface area contributed by atoms with Gasteiger partial charge in [0.15, 0.2) is 11.0 Å². The zero-order valence-electron chi connectivity index (χ0n) is 13.1. The van der Waals surface area contributed by atoms with Gasteiger partial charge < -0.3 is 11.1 Å². The Labute approximate surface area is 147 Å². The summed E-state index contributed by atoms with van der Waals surface area (Å²) in [4.78, 5) is 35.2. The number of aromatic amines is 1. The second-order valence-corrected chi connectivity index (χ2v) is 6.07. The number of benzene rings is 1. The van der Waals surface area contributed by atoms with Crippen molar-refractivity contribution in [1.82, 2.24) is 15.0 Å². The third-order valence-corrected chi connectivity index (χ3v) is 4.24. The number of amides is 1. The molecule has 0 saturated heterocycles. The van der Waals surface area contributed by atoms with Crippen LogP contribution >= 0.6 is 11.8 Å². The van der Waals surface area contributed by atoms with E-state index in [0.717, 1.165) is 5.56 Å². The molecule has 1 aromatic carbocycles. The van der Waals surface area contributed by atoms with Crippen LogP contribution in [0.5, 0.6) is 0 Å². The summed E-state index contributed by atoms with van der Waals surface area (Å²) < 4.78 is 0. The predicted molar refractivity (Wildman–Crippen MR) is 97.5 cm³/mol. The second kappa shape index (κ2) is 7.63. The SMILES string of the molecule is Nc1nc(SCc2cccnc2)[nH]c(=O)c1NC(=O)c1ccccc1. The number of anilines is 2. The topological polar surface area (TPSA) is 114 Å². The molecule has 0 fully saturated rings. The quantitative estimate of drug-likeness (QED) is 0.479. The van der Waals surface area contributed by atoms with E-state index >= 15 is 0 Å². The molecule has 0 aliphatic carbocycles. The Kier molecular flexibility index (Phi) is 5.10. The first-order valence-corrected chi connectivity index (χ1v) is 8.40. The van der Waals surface area contributed by atoms with Crippen LogP contribution in [0.3, 0.4) is 0 Å². The molecular formula is C17H15N5O2S. The van der Waals surface area contributed by atoms with Crippen LogP contribution in [-0.4, -0.2) is 20.9 Å². The lowest BCUT2D eigenvalue weighted by molar-refractivity contribution is 0.102. The number of nitrogen functional groups attached to an aromatic ring is 1. The molecule has 7 nitrogen and oxygen atoms in total. The molecule has 4 N–H and O–H groups in total. The van der Waals surface area contributed by atoms with E-state index in [1.165, 1.54) is 11.8 Å². The maximum Gasteiger partial charge on any atom is 0.277 e. The number of pyridine rings is 1. The number of rotatable bonds is 5. The normalized spacial score (nSPS) is 10.4. The first-order chi connectivity index (χ1) is 12.1. The molecule has 1 amide bonds. The van der Waals surface area contributed by atoms with E-state index in [1.807, 2.05) is 12.1 Å². The van der Waals surface area contributed by atoms with Crippen LogP contribution in [0.1, 0.15) is 15.9 Å². The van der Waals surface area contributed by atoms with Crippen LogP contribution in [0.25, 0.3) is 0 Å². The maximum atomic E-state index is 12.2. The summed E-state index contributed by atoms with van der Waals surface area (Å²) in [5.41, 5.74) is 6.72. The van der Waals surface area contributed by atoms with Gasteiger partial charge in [-0.15, -0.1) is 0 Å². The van der Waals surface area contributed by atoms with Crippen molar-refractivity contribution in [2.75, 3.05) is 11.1 Å². The second-order valence-electron chi connectivity index (χ2n) is 5.10. The zero-order chi connectivity index (χ0) is 17.6. The van der Waals surface area contributed by atoms with Crippen LogP contribution in [-0.2, 0) is 5.75 Å². The molecule has 0 bridgehead atoms. The third-order valence-electron chi connectivity index (χ3n) is 3.30. The Balaban J connectivity index is 1.74. The molecule has 0 spiro atoms. The minimum Gasteiger partial charge on any atom is -0.382 e. The van der Waals surface area contributed by atoms with Gasteiger partial charge in [-0.2, -0.15) is 0 Å². The van der Waals surface area contributed by atoms with Crippen molar-refractivity contribution in [2.45, 2.75) is 10.9 Å². The van der Waals surface area contributed by atoms with E-state index in [2.05, 4.69) is 20.3 Å². The predicted octanol–water partition coefficient (Wildman–Crippen LogP) is 2.29. The molecule has 2 aromatic heterocycles. The molecule has 0 atom stereocenters. The minimum absolute atomic E-state index is 0.0262. The highest BCUT2D eigenvalue weighted by atomic mass is 32.2. The fraction of sp³-hybridized carbons (Fsp3) is 0.0588. The number of nitrogens with zero attached hydrogens (tertiary/aromatic N) is 2. The number of carbonyl (C=O) groups excluding carboxylic acids is 1. The van der Waals surface area contributed by atoms with Gasteiger partial charge in [0.1, 0.15) is 5.69 Å². The van der Waals surface area contributed by atoms with Crippen molar-refractivity contribution >= 4 is 29.2 Å². The van der Waals surface area contributed by atoms with Gasteiger partial charge in [0.25, 0.3) is 11.5 Å². The average molecular weight is 353 g/mol. The van der Waals surface area contributed by atoms with Gasteiger partial charge in [-0.1, -0.05) is 36.0 Å². The van der Waals surface area contributed by atoms with E-state index in [-0.39, 0.29) is 11.5 Å². The summed E-state index contributed by atoms with van der Waals surface area (Å²) in [7, 11) is 0. The fourth-order valence-electron chi connectivity index (χ4n) is 2.07. The van der Waals surface area contributed by atoms with Gasteiger partial charge in [0.2, 0.25) is 0 Å². The average Bonchev–Trinajstić information content (AvgIpc) is 2.64. The van der Waals surface area contributed by atoms with Crippen molar-refractivity contribution in [3.8, 4) is 0 Å². The monoisotopic (exact) mass is 353 g/mol. The molecule has 3 aromatic rings. The van der Waals surface area contributed by atoms with E-state index in [1.54, 1.807) is 42.7 Å². The van der Waals surface area contributed by atoms with Crippen LogP contribution in [0.15, 0.2) is 64.8 Å². The van der Waals surface area contributed by atoms with Crippen molar-refractivity contribution in [3.05, 3.63) is 76.3 Å². The van der Waals surface area contributed by atoms with Gasteiger partial charge in [0, 0.05) is 23.7 Å². The molecular weight excluding hydrogens is 338 g/mol. The van der Waals surface area contributed by atoms with E-state index in [9.17, 15) is 9.59 Å². The van der Waals surface area contributed by atoms with Crippen molar-refractivity contribution in [2.24, 2.45) is 0 Å². The fourth-order valence-corrected chi connectivity index (χ4v) is 2.87. The standard InChI is InChI=1S/C17H15N5O2S/c18-14-13(20-15(23)12-6-2-1-3-7-12)16(24)22-17(21-14)25-10-11-5-4-8-19-9-11/h1-9H,10H2,(H,20,23)(H3,18,21,22,24). The lowest BCUT2D eigenvalue weighted by Crippen LogP contribution is -2.23. The molecule has 0 unspecified atom stereocenters. The lowest BCUT2D eigenvalue weighted by Gasteiger charge is -2.08. The van der Waals surface area contributed by atoms with Gasteiger partial charge in [-0.3, -0.25) is 19.6 Å². The molecule has 0 aliphatic rings. The molecule has 8 heteroatoms. The molecule has 2 heterocycles. The maximum absolute atomic E-state index is 12.2. The summed E-state index contributed by atoms with van der Waals surface area (Å²) in [5.74, 6) is 0.142. The van der Waals surface area contributed by atoms with Gasteiger partial charge in [-0.05, 0) is 23.8 Å². The van der Waals surface area contributed by atoms with E-state index < -0.39 is 11.5 Å². The van der Waals surface area contributed by atoms with Crippen LogP contribution in [0.2, 0.25) is 0 Å². The number of thioether (sulfide) groups is 1. The number of nitrogens with one attached hydrogen (secondary N) is 2. The van der Waals surface area contributed by atoms with Crippen LogP contribution < -0.4 is 16.6 Å². The third kappa shape index (κ3) is 4.24. The highest BCUT2D eigenvalue weighted by Gasteiger charge is 2.13. The number of H-pyrrole nitrogens is 1. The van der Waals surface area contributed by atoms with Crippen LogP contribution in [0.4, 0.5) is 11.5 Å². The summed E-state index contributed by atoms with van der Waals surface area (Å²) in [6.07, 6.45) is 3.43. The highest BCUT2D eigenvalue weighted by molar-refractivity contribution is 7.98. The Bertz CT molecular complexity index is 929. The summed E-state index contributed by atoms with van der Waals surface area (Å²) in [5, 5.41) is 2.89. The van der Waals surface area contributed by atoms with Gasteiger partial charge in [0.05, 0.1) is 0 Å². The van der Waals surface area contributed by atoms with Crippen molar-refractivity contribution in [1.29, 1.82) is 0 Å². The van der Waals surface area contributed by atoms with E-state index in [4.69, 9.17) is 5.73 Å². The van der Waals surface area contributed by atoms with E-state index in [0.29, 0.717) is 16.5 Å². The number of carbonyl (C=O) groups is 1. The lowest BCUT2D eigenvalue weighted by atomic mass is 10.2. The first-order valence-electron chi connectivity index (χ1n) is 7.41. The number of aromatic nitrogens is 3. The Morgan fingerprint density at radius 2 is 2.00 bits per heavy atom. The Morgan fingerprint density at radius 1 is 1.20 bits per heavy atom. The van der Waals surface area contributed by atoms with Gasteiger partial charge in [-0.25, -0.2) is 4.98 Å². The largest absolute Gasteiger partial charge is 0.382 e. The summed E-state index contributed by atoms with van der Waals surface area (Å²) in [6, 6.07) is 12.3. The Morgan fingerprint density at radius 3 is 2.68 bits per heavy atom. The number of hydrogen-bond donors (Lipinski definition) is 3. The highest BCUT2D eigenvalue weighted by Crippen LogP contribution is 2.20. The molecule has 126 valence electrons. The number of hydrogen-bond acceptors (Lipinski definition) is 6. The smallest absolute Gasteiger partial charge is 0.277 e. The minimum atomic E-state index is -0.495. The molecule has 0 aliphatic heterocycles. The van der Waals surface area contributed by atoms with Crippen molar-refractivity contribution < 1.29 is 4.79 Å². The zero-order valence-corrected chi connectivity index (χ0v) is 13.9. The van der Waals surface area contributed by atoms with Gasteiger partial charge >= 0.3 is 0 Å². The first kappa shape index (κ1) is 16.7.